The second-order valence-corrected chi connectivity index (χ2v) is 6.67. The van der Waals surface area contributed by atoms with Crippen molar-refractivity contribution < 1.29 is 9.47 Å². The first kappa shape index (κ1) is 20.2. The van der Waals surface area contributed by atoms with Crippen molar-refractivity contribution >= 4 is 0 Å². The van der Waals surface area contributed by atoms with Gasteiger partial charge in [-0.05, 0) is 68.2 Å². The normalized spacial score (nSPS) is 11.0. The molecule has 0 fully saturated rings. The minimum absolute atomic E-state index is 0.841. The summed E-state index contributed by atoms with van der Waals surface area (Å²) >= 11 is 0. The highest BCUT2D eigenvalue weighted by atomic mass is 16.5. The van der Waals surface area contributed by atoms with E-state index in [2.05, 4.69) is 41.9 Å². The molecule has 0 saturated carbocycles. The van der Waals surface area contributed by atoms with Gasteiger partial charge < -0.3 is 9.47 Å². The molecule has 0 amide bonds. The van der Waals surface area contributed by atoms with Gasteiger partial charge in [-0.15, -0.1) is 0 Å². The summed E-state index contributed by atoms with van der Waals surface area (Å²) in [6.45, 7) is 9.60. The topological polar surface area (TPSA) is 34.6 Å². The van der Waals surface area contributed by atoms with Gasteiger partial charge >= 0.3 is 0 Å². The highest BCUT2D eigenvalue weighted by Crippen LogP contribution is 2.34. The van der Waals surface area contributed by atoms with Crippen LogP contribution in [0, 0.1) is 6.92 Å². The molecule has 142 valence electrons. The summed E-state index contributed by atoms with van der Waals surface area (Å²) < 4.78 is 11.0. The molecule has 0 saturated heterocycles. The van der Waals surface area contributed by atoms with Gasteiger partial charge in [0.15, 0.2) is 0 Å². The van der Waals surface area contributed by atoms with Crippen molar-refractivity contribution in [3.05, 3.63) is 41.7 Å². The minimum Gasteiger partial charge on any atom is -0.496 e. The fourth-order valence-corrected chi connectivity index (χ4v) is 3.19. The van der Waals surface area contributed by atoms with Gasteiger partial charge in [-0.2, -0.15) is 0 Å². The fraction of sp³-hybridized carbons (Fsp3) is 0.500. The van der Waals surface area contributed by atoms with E-state index in [1.807, 2.05) is 19.2 Å². The lowest BCUT2D eigenvalue weighted by Gasteiger charge is -2.21. The maximum absolute atomic E-state index is 5.52. The van der Waals surface area contributed by atoms with Gasteiger partial charge in [0.2, 0.25) is 0 Å². The van der Waals surface area contributed by atoms with Gasteiger partial charge in [-0.3, -0.25) is 9.88 Å². The number of hydrogen-bond acceptors (Lipinski definition) is 4. The third-order valence-electron chi connectivity index (χ3n) is 4.66. The van der Waals surface area contributed by atoms with Crippen molar-refractivity contribution in [2.75, 3.05) is 27.3 Å². The van der Waals surface area contributed by atoms with Crippen LogP contribution in [0.5, 0.6) is 11.5 Å². The number of hydrogen-bond donors (Lipinski definition) is 0. The summed E-state index contributed by atoms with van der Waals surface area (Å²) in [6.07, 6.45) is 5.51. The molecule has 0 atom stereocenters. The molecule has 0 bridgehead atoms. The Morgan fingerprint density at radius 1 is 0.923 bits per heavy atom. The average Bonchev–Trinajstić information content (AvgIpc) is 2.66. The standard InChI is InChI=1S/C22H32N2O2/c1-6-8-12-24(11-7-2)16-20-13-18(9-10-23-20)19-14-21(25-4)17(3)22(15-19)26-5/h9-10,13-15H,6-8,11-12,16H2,1-5H3. The van der Waals surface area contributed by atoms with Gasteiger partial charge in [0.25, 0.3) is 0 Å². The molecule has 0 aliphatic rings. The molecule has 2 rings (SSSR count). The Morgan fingerprint density at radius 3 is 2.19 bits per heavy atom. The van der Waals surface area contributed by atoms with Gasteiger partial charge in [0, 0.05) is 18.3 Å². The van der Waals surface area contributed by atoms with Crippen LogP contribution in [-0.4, -0.2) is 37.2 Å². The smallest absolute Gasteiger partial charge is 0.126 e. The Hall–Kier alpha value is -2.07. The predicted octanol–water partition coefficient (Wildman–Crippen LogP) is 5.09. The Balaban J connectivity index is 2.28. The highest BCUT2D eigenvalue weighted by molar-refractivity contribution is 5.69. The van der Waals surface area contributed by atoms with Crippen LogP contribution in [0.2, 0.25) is 0 Å². The van der Waals surface area contributed by atoms with E-state index < -0.39 is 0 Å². The Bertz CT molecular complexity index is 675. The van der Waals surface area contributed by atoms with E-state index in [0.717, 1.165) is 59.9 Å². The zero-order valence-corrected chi connectivity index (χ0v) is 16.8. The molecule has 0 N–H and O–H groups in total. The van der Waals surface area contributed by atoms with Gasteiger partial charge in [0.05, 0.1) is 19.9 Å². The molecule has 26 heavy (non-hydrogen) atoms. The number of benzene rings is 1. The molecule has 0 radical (unpaired) electrons. The zero-order valence-electron chi connectivity index (χ0n) is 16.8. The second-order valence-electron chi connectivity index (χ2n) is 6.67. The van der Waals surface area contributed by atoms with Crippen LogP contribution in [0.25, 0.3) is 11.1 Å². The lowest BCUT2D eigenvalue weighted by molar-refractivity contribution is 0.259. The third-order valence-corrected chi connectivity index (χ3v) is 4.66. The van der Waals surface area contributed by atoms with Crippen LogP contribution in [0.3, 0.4) is 0 Å². The van der Waals surface area contributed by atoms with Gasteiger partial charge in [-0.1, -0.05) is 20.3 Å². The van der Waals surface area contributed by atoms with E-state index in [1.54, 1.807) is 14.2 Å². The monoisotopic (exact) mass is 356 g/mol. The lowest BCUT2D eigenvalue weighted by atomic mass is 10.0. The van der Waals surface area contributed by atoms with Crippen LogP contribution < -0.4 is 9.47 Å². The Labute approximate surface area is 158 Å². The first-order chi connectivity index (χ1) is 12.6. The summed E-state index contributed by atoms with van der Waals surface area (Å²) in [5, 5.41) is 0. The number of nitrogens with zero attached hydrogens (tertiary/aromatic N) is 2. The molecule has 0 spiro atoms. The van der Waals surface area contributed by atoms with Crippen molar-refractivity contribution in [1.29, 1.82) is 0 Å². The quantitative estimate of drug-likeness (QED) is 0.594. The number of pyridine rings is 1. The Morgan fingerprint density at radius 2 is 1.62 bits per heavy atom. The molecule has 2 aromatic rings. The van der Waals surface area contributed by atoms with Gasteiger partial charge in [0.1, 0.15) is 11.5 Å². The molecular formula is C22H32N2O2. The van der Waals surface area contributed by atoms with E-state index in [0.29, 0.717) is 0 Å². The van der Waals surface area contributed by atoms with Crippen molar-refractivity contribution in [2.24, 2.45) is 0 Å². The third kappa shape index (κ3) is 5.21. The van der Waals surface area contributed by atoms with Crippen molar-refractivity contribution in [2.45, 2.75) is 46.6 Å². The summed E-state index contributed by atoms with van der Waals surface area (Å²) in [7, 11) is 3.39. The summed E-state index contributed by atoms with van der Waals surface area (Å²) in [5.74, 6) is 1.68. The van der Waals surface area contributed by atoms with Crippen molar-refractivity contribution in [3.8, 4) is 22.6 Å². The maximum Gasteiger partial charge on any atom is 0.126 e. The first-order valence-electron chi connectivity index (χ1n) is 9.53. The minimum atomic E-state index is 0.841. The van der Waals surface area contributed by atoms with Crippen LogP contribution in [0.1, 0.15) is 44.4 Å². The molecule has 4 nitrogen and oxygen atoms in total. The van der Waals surface area contributed by atoms with E-state index in [1.165, 1.54) is 12.8 Å². The highest BCUT2D eigenvalue weighted by Gasteiger charge is 2.11. The number of unbranched alkanes of at least 4 members (excludes halogenated alkanes) is 1. The van der Waals surface area contributed by atoms with E-state index in [9.17, 15) is 0 Å². The van der Waals surface area contributed by atoms with Crippen LogP contribution in [-0.2, 0) is 6.54 Å². The summed E-state index contributed by atoms with van der Waals surface area (Å²) in [6, 6.07) is 8.36. The molecule has 1 aromatic carbocycles. The molecule has 4 heteroatoms. The molecule has 1 heterocycles. The summed E-state index contributed by atoms with van der Waals surface area (Å²) in [4.78, 5) is 7.09. The average molecular weight is 357 g/mol. The van der Waals surface area contributed by atoms with E-state index in [-0.39, 0.29) is 0 Å². The fourth-order valence-electron chi connectivity index (χ4n) is 3.19. The van der Waals surface area contributed by atoms with E-state index in [4.69, 9.17) is 9.47 Å². The number of methoxy groups -OCH3 is 2. The number of ether oxygens (including phenoxy) is 2. The molecule has 1 aromatic heterocycles. The molecule has 0 aliphatic carbocycles. The zero-order chi connectivity index (χ0) is 18.9. The van der Waals surface area contributed by atoms with Gasteiger partial charge in [-0.25, -0.2) is 0 Å². The number of rotatable bonds is 10. The number of aromatic nitrogens is 1. The van der Waals surface area contributed by atoms with Crippen molar-refractivity contribution in [3.63, 3.8) is 0 Å². The van der Waals surface area contributed by atoms with Crippen LogP contribution >= 0.6 is 0 Å². The lowest BCUT2D eigenvalue weighted by Crippen LogP contribution is -2.25. The second kappa shape index (κ2) is 10.2. The Kier molecular flexibility index (Phi) is 7.92. The maximum atomic E-state index is 5.52. The van der Waals surface area contributed by atoms with Crippen LogP contribution in [0.15, 0.2) is 30.5 Å². The largest absolute Gasteiger partial charge is 0.496 e. The van der Waals surface area contributed by atoms with E-state index >= 15 is 0 Å². The molecular weight excluding hydrogens is 324 g/mol. The summed E-state index contributed by atoms with van der Waals surface area (Å²) in [5.41, 5.74) is 4.34. The predicted molar refractivity (Wildman–Crippen MR) is 108 cm³/mol. The van der Waals surface area contributed by atoms with Crippen molar-refractivity contribution in [1.82, 2.24) is 9.88 Å². The van der Waals surface area contributed by atoms with Crippen LogP contribution in [0.4, 0.5) is 0 Å². The first-order valence-corrected chi connectivity index (χ1v) is 9.53. The molecule has 0 aliphatic heterocycles. The SMILES string of the molecule is CCCCN(CCC)Cc1cc(-c2cc(OC)c(C)c(OC)c2)ccn1. The molecule has 0 unspecified atom stereocenters.